The molecule has 1 fully saturated rings. The largest absolute Gasteiger partial charge is 0.396 e. The number of nitrogens with one attached hydrogen (secondary N) is 1. The number of aliphatic hydroxyl groups excluding tert-OH is 1. The molecular weight excluding hydrogens is 102 g/mol. The molecule has 1 aliphatic rings. The fraction of sp³-hybridized carbons (Fsp3) is 1.00. The quantitative estimate of drug-likeness (QED) is 0.503. The highest BCUT2D eigenvalue weighted by molar-refractivity contribution is 4.78. The summed E-state index contributed by atoms with van der Waals surface area (Å²) in [6, 6.07) is 0.528. The van der Waals surface area contributed by atoms with Crippen molar-refractivity contribution in [3.05, 3.63) is 0 Å². The lowest BCUT2D eigenvalue weighted by atomic mass is 10.0. The highest BCUT2D eigenvalue weighted by Gasteiger charge is 2.20. The van der Waals surface area contributed by atoms with Crippen molar-refractivity contribution in [2.45, 2.75) is 19.4 Å². The first-order valence-corrected chi connectivity index (χ1v) is 3.19. The van der Waals surface area contributed by atoms with Crippen LogP contribution >= 0.6 is 0 Å². The predicted molar refractivity (Wildman–Crippen MR) is 32.7 cm³/mol. The molecular formula is C6H13NO. The van der Waals surface area contributed by atoms with E-state index in [-0.39, 0.29) is 0 Å². The molecule has 2 nitrogen and oxygen atoms in total. The maximum absolute atomic E-state index is 8.70. The van der Waals surface area contributed by atoms with Gasteiger partial charge in [0.05, 0.1) is 0 Å². The molecule has 2 atom stereocenters. The maximum Gasteiger partial charge on any atom is 0.0474 e. The molecule has 2 heteroatoms. The zero-order valence-electron chi connectivity index (χ0n) is 5.22. The number of hydrogen-bond acceptors (Lipinski definition) is 2. The average Bonchev–Trinajstić information content (AvgIpc) is 2.14. The lowest BCUT2D eigenvalue weighted by Gasteiger charge is -2.09. The molecule has 0 aromatic carbocycles. The van der Waals surface area contributed by atoms with E-state index in [0.29, 0.717) is 18.6 Å². The normalized spacial score (nSPS) is 38.2. The van der Waals surface area contributed by atoms with Crippen LogP contribution in [0.5, 0.6) is 0 Å². The molecule has 0 aromatic rings. The maximum atomic E-state index is 8.70. The van der Waals surface area contributed by atoms with Crippen molar-refractivity contribution in [3.8, 4) is 0 Å². The molecule has 0 bridgehead atoms. The fourth-order valence-electron chi connectivity index (χ4n) is 1.16. The Morgan fingerprint density at radius 1 is 1.75 bits per heavy atom. The molecule has 48 valence electrons. The van der Waals surface area contributed by atoms with Gasteiger partial charge in [0.25, 0.3) is 0 Å². The summed E-state index contributed by atoms with van der Waals surface area (Å²) < 4.78 is 0. The van der Waals surface area contributed by atoms with E-state index >= 15 is 0 Å². The summed E-state index contributed by atoms with van der Waals surface area (Å²) in [5.74, 6) is 0.509. The molecule has 0 aliphatic carbocycles. The summed E-state index contributed by atoms with van der Waals surface area (Å²) in [6.45, 7) is 3.54. The van der Waals surface area contributed by atoms with E-state index in [1.807, 2.05) is 0 Å². The second kappa shape index (κ2) is 2.46. The van der Waals surface area contributed by atoms with Gasteiger partial charge in [-0.3, -0.25) is 0 Å². The van der Waals surface area contributed by atoms with Crippen molar-refractivity contribution in [1.82, 2.24) is 5.32 Å². The molecule has 1 aliphatic heterocycles. The van der Waals surface area contributed by atoms with Crippen molar-refractivity contribution >= 4 is 0 Å². The smallest absolute Gasteiger partial charge is 0.0474 e. The summed E-state index contributed by atoms with van der Waals surface area (Å²) >= 11 is 0. The van der Waals surface area contributed by atoms with Gasteiger partial charge in [-0.2, -0.15) is 0 Å². The Kier molecular flexibility index (Phi) is 1.86. The van der Waals surface area contributed by atoms with E-state index in [0.717, 1.165) is 13.0 Å². The van der Waals surface area contributed by atoms with Gasteiger partial charge in [0.1, 0.15) is 0 Å². The highest BCUT2D eigenvalue weighted by atomic mass is 16.3. The van der Waals surface area contributed by atoms with Crippen molar-refractivity contribution in [2.24, 2.45) is 5.92 Å². The summed E-state index contributed by atoms with van der Waals surface area (Å²) in [5, 5.41) is 12.0. The van der Waals surface area contributed by atoms with Gasteiger partial charge in [-0.25, -0.2) is 0 Å². The second-order valence-electron chi connectivity index (χ2n) is 2.47. The second-order valence-corrected chi connectivity index (χ2v) is 2.47. The minimum atomic E-state index is 0.341. The van der Waals surface area contributed by atoms with Gasteiger partial charge in [0.15, 0.2) is 0 Å². The van der Waals surface area contributed by atoms with Crippen LogP contribution in [0.15, 0.2) is 0 Å². The molecule has 0 aromatic heterocycles. The van der Waals surface area contributed by atoms with Crippen LogP contribution in [0.1, 0.15) is 13.3 Å². The zero-order chi connectivity index (χ0) is 5.98. The number of hydrogen-bond donors (Lipinski definition) is 2. The third-order valence-electron chi connectivity index (χ3n) is 1.92. The summed E-state index contributed by atoms with van der Waals surface area (Å²) in [6.07, 6.45) is 1.14. The molecule has 0 unspecified atom stereocenters. The molecule has 0 spiro atoms. The van der Waals surface area contributed by atoms with E-state index in [9.17, 15) is 0 Å². The van der Waals surface area contributed by atoms with E-state index in [1.54, 1.807) is 0 Å². The van der Waals surface area contributed by atoms with E-state index in [4.69, 9.17) is 5.11 Å². The van der Waals surface area contributed by atoms with Gasteiger partial charge in [0, 0.05) is 12.6 Å². The molecule has 1 saturated heterocycles. The molecule has 0 saturated carbocycles. The Labute approximate surface area is 49.9 Å². The van der Waals surface area contributed by atoms with Crippen LogP contribution in [0.4, 0.5) is 0 Å². The minimum absolute atomic E-state index is 0.341. The standard InChI is InChI=1S/C6H13NO/c1-5-6(4-8)2-3-7-5/h5-8H,2-4H2,1H3/t5-,6+/m0/s1. The highest BCUT2D eigenvalue weighted by Crippen LogP contribution is 2.12. The van der Waals surface area contributed by atoms with Gasteiger partial charge < -0.3 is 10.4 Å². The Hall–Kier alpha value is -0.0800. The van der Waals surface area contributed by atoms with E-state index < -0.39 is 0 Å². The first-order valence-electron chi connectivity index (χ1n) is 3.19. The molecule has 0 radical (unpaired) electrons. The van der Waals surface area contributed by atoms with Gasteiger partial charge in [0.2, 0.25) is 0 Å². The van der Waals surface area contributed by atoms with Crippen LogP contribution in [0.3, 0.4) is 0 Å². The predicted octanol–water partition coefficient (Wildman–Crippen LogP) is -0.0233. The van der Waals surface area contributed by atoms with Crippen LogP contribution in [0.25, 0.3) is 0 Å². The van der Waals surface area contributed by atoms with Crippen LogP contribution in [0, 0.1) is 5.92 Å². The molecule has 1 rings (SSSR count). The van der Waals surface area contributed by atoms with Crippen LogP contribution in [-0.2, 0) is 0 Å². The van der Waals surface area contributed by atoms with Crippen molar-refractivity contribution in [1.29, 1.82) is 0 Å². The topological polar surface area (TPSA) is 32.3 Å². The fourth-order valence-corrected chi connectivity index (χ4v) is 1.16. The Bertz CT molecular complexity index is 74.9. The zero-order valence-corrected chi connectivity index (χ0v) is 5.22. The molecule has 1 heterocycles. The third kappa shape index (κ3) is 1.01. The minimum Gasteiger partial charge on any atom is -0.396 e. The Balaban J connectivity index is 2.30. The summed E-state index contributed by atoms with van der Waals surface area (Å²) in [7, 11) is 0. The van der Waals surface area contributed by atoms with Gasteiger partial charge in [-0.1, -0.05) is 0 Å². The van der Waals surface area contributed by atoms with E-state index in [2.05, 4.69) is 12.2 Å². The molecule has 0 amide bonds. The van der Waals surface area contributed by atoms with Crippen molar-refractivity contribution < 1.29 is 5.11 Å². The molecule has 8 heavy (non-hydrogen) atoms. The first-order chi connectivity index (χ1) is 3.84. The first kappa shape index (κ1) is 6.05. The SMILES string of the molecule is C[C@@H]1NCC[C@@H]1CO. The Morgan fingerprint density at radius 2 is 2.50 bits per heavy atom. The van der Waals surface area contributed by atoms with Crippen LogP contribution in [0.2, 0.25) is 0 Å². The van der Waals surface area contributed by atoms with Crippen molar-refractivity contribution in [2.75, 3.05) is 13.2 Å². The van der Waals surface area contributed by atoms with Gasteiger partial charge >= 0.3 is 0 Å². The van der Waals surface area contributed by atoms with Crippen LogP contribution in [-0.4, -0.2) is 24.3 Å². The van der Waals surface area contributed by atoms with E-state index in [1.165, 1.54) is 0 Å². The third-order valence-corrected chi connectivity index (χ3v) is 1.92. The van der Waals surface area contributed by atoms with Gasteiger partial charge in [-0.05, 0) is 25.8 Å². The summed E-state index contributed by atoms with van der Waals surface area (Å²) in [5.41, 5.74) is 0. The van der Waals surface area contributed by atoms with Crippen LogP contribution < -0.4 is 5.32 Å². The number of aliphatic hydroxyl groups is 1. The summed E-state index contributed by atoms with van der Waals surface area (Å²) in [4.78, 5) is 0. The average molecular weight is 115 g/mol. The number of rotatable bonds is 1. The Morgan fingerprint density at radius 3 is 2.75 bits per heavy atom. The molecule has 2 N–H and O–H groups in total. The van der Waals surface area contributed by atoms with Gasteiger partial charge in [-0.15, -0.1) is 0 Å². The van der Waals surface area contributed by atoms with Crippen molar-refractivity contribution in [3.63, 3.8) is 0 Å². The lowest BCUT2D eigenvalue weighted by Crippen LogP contribution is -2.24. The lowest BCUT2D eigenvalue weighted by molar-refractivity contribution is 0.218. The monoisotopic (exact) mass is 115 g/mol.